The molecule has 4 heteroatoms. The summed E-state index contributed by atoms with van der Waals surface area (Å²) in [6.45, 7) is 2.66. The molecule has 0 spiro atoms. The van der Waals surface area contributed by atoms with Crippen molar-refractivity contribution in [3.8, 4) is 11.5 Å². The molecule has 0 atom stereocenters. The van der Waals surface area contributed by atoms with Crippen LogP contribution < -0.4 is 5.32 Å². The van der Waals surface area contributed by atoms with E-state index in [2.05, 4.69) is 16.4 Å². The predicted molar refractivity (Wildman–Crippen MR) is 97.0 cm³/mol. The zero-order chi connectivity index (χ0) is 17.5. The first-order chi connectivity index (χ1) is 12.2. The van der Waals surface area contributed by atoms with Crippen molar-refractivity contribution in [2.75, 3.05) is 6.54 Å². The van der Waals surface area contributed by atoms with Crippen molar-refractivity contribution >= 4 is 5.91 Å². The Hall–Kier alpha value is -2.88. The molecule has 0 aliphatic heterocycles. The fourth-order valence-corrected chi connectivity index (χ4v) is 2.60. The minimum Gasteiger partial charge on any atom is -0.444 e. The molecule has 4 nitrogen and oxygen atoms in total. The molecule has 0 saturated carbocycles. The van der Waals surface area contributed by atoms with Crippen molar-refractivity contribution < 1.29 is 9.21 Å². The Morgan fingerprint density at radius 2 is 2.04 bits per heavy atom. The number of hydrogen-bond donors (Lipinski definition) is 1. The first-order valence-electron chi connectivity index (χ1n) is 8.50. The lowest BCUT2D eigenvalue weighted by molar-refractivity contribution is -0.120. The molecule has 0 unspecified atom stereocenters. The highest BCUT2D eigenvalue weighted by molar-refractivity contribution is 5.79. The number of carbonyl (C=O) groups excluding carboxylic acids is 1. The van der Waals surface area contributed by atoms with Crippen LogP contribution in [0, 0.1) is 6.07 Å². The van der Waals surface area contributed by atoms with Gasteiger partial charge in [-0.1, -0.05) is 43.3 Å². The van der Waals surface area contributed by atoms with Crippen molar-refractivity contribution in [1.82, 2.24) is 10.3 Å². The van der Waals surface area contributed by atoms with E-state index in [0.717, 1.165) is 29.7 Å². The SMILES string of the molecule is CCc1coc(-c2cccc(CC(=O)NCCc3cc[c]cc3)c2)n1. The molecule has 1 aromatic heterocycles. The summed E-state index contributed by atoms with van der Waals surface area (Å²) in [6.07, 6.45) is 3.68. The molecule has 25 heavy (non-hydrogen) atoms. The van der Waals surface area contributed by atoms with Crippen molar-refractivity contribution in [3.05, 3.63) is 77.7 Å². The van der Waals surface area contributed by atoms with Gasteiger partial charge in [0.25, 0.3) is 0 Å². The van der Waals surface area contributed by atoms with Gasteiger partial charge in [0, 0.05) is 12.1 Å². The first kappa shape index (κ1) is 17.0. The maximum Gasteiger partial charge on any atom is 0.226 e. The molecule has 1 N–H and O–H groups in total. The quantitative estimate of drug-likeness (QED) is 0.719. The standard InChI is InChI=1S/C21H21N2O2/c1-2-19-15-25-21(23-19)18-10-6-9-17(13-18)14-20(24)22-12-11-16-7-4-3-5-8-16/h4-10,13,15H,2,11-12,14H2,1H3,(H,22,24). The molecule has 1 amide bonds. The van der Waals surface area contributed by atoms with Gasteiger partial charge in [-0.2, -0.15) is 0 Å². The molecule has 0 aliphatic carbocycles. The Morgan fingerprint density at radius 1 is 1.20 bits per heavy atom. The number of benzene rings is 2. The van der Waals surface area contributed by atoms with Gasteiger partial charge in [-0.05, 0) is 42.2 Å². The highest BCUT2D eigenvalue weighted by Gasteiger charge is 2.08. The van der Waals surface area contributed by atoms with Crippen LogP contribution in [0.2, 0.25) is 0 Å². The molecule has 1 radical (unpaired) electrons. The summed E-state index contributed by atoms with van der Waals surface area (Å²) < 4.78 is 5.50. The largest absolute Gasteiger partial charge is 0.444 e. The van der Waals surface area contributed by atoms with E-state index in [1.807, 2.05) is 55.5 Å². The van der Waals surface area contributed by atoms with Gasteiger partial charge in [-0.15, -0.1) is 0 Å². The first-order valence-corrected chi connectivity index (χ1v) is 8.50. The molecule has 3 aromatic rings. The van der Waals surface area contributed by atoms with Crippen LogP contribution in [0.5, 0.6) is 0 Å². The van der Waals surface area contributed by atoms with E-state index in [1.165, 1.54) is 5.56 Å². The highest BCUT2D eigenvalue weighted by Crippen LogP contribution is 2.20. The fraction of sp³-hybridized carbons (Fsp3) is 0.238. The Bertz CT molecular complexity index is 825. The third kappa shape index (κ3) is 4.80. The Morgan fingerprint density at radius 3 is 2.80 bits per heavy atom. The van der Waals surface area contributed by atoms with Crippen molar-refractivity contribution in [2.24, 2.45) is 0 Å². The van der Waals surface area contributed by atoms with Crippen LogP contribution in [0.25, 0.3) is 11.5 Å². The summed E-state index contributed by atoms with van der Waals surface area (Å²) in [5.41, 5.74) is 3.96. The number of rotatable bonds is 7. The van der Waals surface area contributed by atoms with Crippen molar-refractivity contribution in [2.45, 2.75) is 26.2 Å². The molecular weight excluding hydrogens is 312 g/mol. The zero-order valence-corrected chi connectivity index (χ0v) is 14.3. The third-order valence-corrected chi connectivity index (χ3v) is 3.98. The molecule has 0 bridgehead atoms. The van der Waals surface area contributed by atoms with Gasteiger partial charge in [0.1, 0.15) is 6.26 Å². The average molecular weight is 333 g/mol. The van der Waals surface area contributed by atoms with E-state index in [9.17, 15) is 4.79 Å². The van der Waals surface area contributed by atoms with Crippen LogP contribution in [-0.4, -0.2) is 17.4 Å². The Balaban J connectivity index is 1.55. The van der Waals surface area contributed by atoms with Crippen LogP contribution in [0.3, 0.4) is 0 Å². The molecule has 0 saturated heterocycles. The number of oxazole rings is 1. The van der Waals surface area contributed by atoms with E-state index < -0.39 is 0 Å². The summed E-state index contributed by atoms with van der Waals surface area (Å²) in [5.74, 6) is 0.612. The van der Waals surface area contributed by atoms with E-state index in [4.69, 9.17) is 4.42 Å². The average Bonchev–Trinajstić information content (AvgIpc) is 3.12. The van der Waals surface area contributed by atoms with Gasteiger partial charge >= 0.3 is 0 Å². The fourth-order valence-electron chi connectivity index (χ4n) is 2.60. The summed E-state index contributed by atoms with van der Waals surface area (Å²) in [5, 5.41) is 2.96. The zero-order valence-electron chi connectivity index (χ0n) is 14.3. The molecule has 2 aromatic carbocycles. The maximum absolute atomic E-state index is 12.1. The summed E-state index contributed by atoms with van der Waals surface area (Å²) in [4.78, 5) is 16.6. The number of nitrogens with zero attached hydrogens (tertiary/aromatic N) is 1. The molecule has 1 heterocycles. The van der Waals surface area contributed by atoms with Gasteiger partial charge in [-0.3, -0.25) is 4.79 Å². The number of aromatic nitrogens is 1. The van der Waals surface area contributed by atoms with Crippen molar-refractivity contribution in [3.63, 3.8) is 0 Å². The smallest absolute Gasteiger partial charge is 0.226 e. The second kappa shape index (κ2) is 8.29. The summed E-state index contributed by atoms with van der Waals surface area (Å²) >= 11 is 0. The number of hydrogen-bond acceptors (Lipinski definition) is 3. The number of amides is 1. The summed E-state index contributed by atoms with van der Waals surface area (Å²) in [7, 11) is 0. The highest BCUT2D eigenvalue weighted by atomic mass is 16.3. The van der Waals surface area contributed by atoms with Gasteiger partial charge < -0.3 is 9.73 Å². The van der Waals surface area contributed by atoms with E-state index in [0.29, 0.717) is 18.9 Å². The van der Waals surface area contributed by atoms with Crippen molar-refractivity contribution in [1.29, 1.82) is 0 Å². The Labute approximate surface area is 147 Å². The minimum atomic E-state index is 0.0151. The molecular formula is C21H21N2O2. The predicted octanol–water partition coefficient (Wildman–Crippen LogP) is 3.61. The molecule has 3 rings (SSSR count). The minimum absolute atomic E-state index is 0.0151. The van der Waals surface area contributed by atoms with Crippen LogP contribution in [0.15, 0.2) is 59.2 Å². The molecule has 127 valence electrons. The number of carbonyl (C=O) groups is 1. The van der Waals surface area contributed by atoms with E-state index in [-0.39, 0.29) is 5.91 Å². The lowest BCUT2D eigenvalue weighted by Crippen LogP contribution is -2.27. The van der Waals surface area contributed by atoms with Crippen LogP contribution in [0.1, 0.15) is 23.7 Å². The third-order valence-electron chi connectivity index (χ3n) is 3.98. The lowest BCUT2D eigenvalue weighted by atomic mass is 10.1. The van der Waals surface area contributed by atoms with Gasteiger partial charge in [0.2, 0.25) is 11.8 Å². The second-order valence-electron chi connectivity index (χ2n) is 5.88. The van der Waals surface area contributed by atoms with Gasteiger partial charge in [-0.25, -0.2) is 4.98 Å². The maximum atomic E-state index is 12.1. The lowest BCUT2D eigenvalue weighted by Gasteiger charge is -2.06. The van der Waals surface area contributed by atoms with E-state index >= 15 is 0 Å². The van der Waals surface area contributed by atoms with Crippen LogP contribution in [0.4, 0.5) is 0 Å². The topological polar surface area (TPSA) is 55.1 Å². The monoisotopic (exact) mass is 333 g/mol. The number of nitrogens with one attached hydrogen (secondary N) is 1. The van der Waals surface area contributed by atoms with Crippen LogP contribution in [-0.2, 0) is 24.1 Å². The normalized spacial score (nSPS) is 10.6. The molecule has 0 aliphatic rings. The van der Waals surface area contributed by atoms with Gasteiger partial charge in [0.15, 0.2) is 0 Å². The van der Waals surface area contributed by atoms with Gasteiger partial charge in [0.05, 0.1) is 12.1 Å². The summed E-state index contributed by atoms with van der Waals surface area (Å²) in [6, 6.07) is 18.5. The molecule has 0 fully saturated rings. The Kier molecular flexibility index (Phi) is 5.62. The second-order valence-corrected chi connectivity index (χ2v) is 5.88. The number of aryl methyl sites for hydroxylation is 1. The van der Waals surface area contributed by atoms with E-state index in [1.54, 1.807) is 6.26 Å². The van der Waals surface area contributed by atoms with Crippen LogP contribution >= 0.6 is 0 Å².